The molecule has 0 saturated heterocycles. The first-order valence-corrected chi connectivity index (χ1v) is 8.30. The summed E-state index contributed by atoms with van der Waals surface area (Å²) in [6.45, 7) is 0. The number of benzene rings is 2. The molecule has 0 aliphatic rings. The normalized spacial score (nSPS) is 11.7. The fraction of sp³-hybridized carbons (Fsp3) is 0. The molecule has 106 valence electrons. The predicted molar refractivity (Wildman–Crippen MR) is 82.1 cm³/mol. The molecule has 2 aromatic carbocycles. The first kappa shape index (κ1) is 14.0. The molecule has 1 heterocycles. The van der Waals surface area contributed by atoms with Gasteiger partial charge in [-0.15, -0.1) is 0 Å². The summed E-state index contributed by atoms with van der Waals surface area (Å²) in [5, 5.41) is 0.563. The van der Waals surface area contributed by atoms with Gasteiger partial charge in [0.1, 0.15) is 5.58 Å². The molecule has 0 saturated carbocycles. The lowest BCUT2D eigenvalue weighted by Gasteiger charge is -2.04. The number of hydrogen-bond donors (Lipinski definition) is 0. The van der Waals surface area contributed by atoms with Gasteiger partial charge in [-0.05, 0) is 36.4 Å². The minimum Gasteiger partial charge on any atom is -0.422 e. The van der Waals surface area contributed by atoms with Crippen molar-refractivity contribution >= 4 is 36.7 Å². The Morgan fingerprint density at radius 2 is 1.62 bits per heavy atom. The Balaban J connectivity index is 2.26. The number of fused-ring (bicyclic) bond motifs is 1. The summed E-state index contributed by atoms with van der Waals surface area (Å²) in [6, 6.07) is 14.2. The highest BCUT2D eigenvalue weighted by atomic mass is 79.9. The number of hydrogen-bond acceptors (Lipinski definition) is 4. The van der Waals surface area contributed by atoms with Gasteiger partial charge in [-0.25, -0.2) is 13.2 Å². The van der Waals surface area contributed by atoms with E-state index in [1.807, 2.05) is 0 Å². The van der Waals surface area contributed by atoms with Crippen LogP contribution in [-0.2, 0) is 9.84 Å². The maximum atomic E-state index is 12.5. The van der Waals surface area contributed by atoms with Crippen molar-refractivity contribution in [1.29, 1.82) is 0 Å². The van der Waals surface area contributed by atoms with E-state index in [4.69, 9.17) is 4.42 Å². The van der Waals surface area contributed by atoms with Gasteiger partial charge in [-0.3, -0.25) is 0 Å². The first-order valence-electron chi connectivity index (χ1n) is 6.02. The highest BCUT2D eigenvalue weighted by Gasteiger charge is 2.23. The smallest absolute Gasteiger partial charge is 0.355 e. The lowest BCUT2D eigenvalue weighted by atomic mass is 10.2. The second-order valence-corrected chi connectivity index (χ2v) is 7.23. The minimum absolute atomic E-state index is 0.0493. The molecule has 0 aliphatic carbocycles. The molecule has 1 aromatic heterocycles. The zero-order chi connectivity index (χ0) is 15.0. The monoisotopic (exact) mass is 364 g/mol. The Morgan fingerprint density at radius 3 is 2.33 bits per heavy atom. The molecular weight excluding hydrogens is 356 g/mol. The lowest BCUT2D eigenvalue weighted by molar-refractivity contribution is 0.532. The van der Waals surface area contributed by atoms with E-state index in [-0.39, 0.29) is 9.79 Å². The lowest BCUT2D eigenvalue weighted by Crippen LogP contribution is -2.14. The van der Waals surface area contributed by atoms with Crippen molar-refractivity contribution in [3.63, 3.8) is 0 Å². The van der Waals surface area contributed by atoms with E-state index >= 15 is 0 Å². The van der Waals surface area contributed by atoms with Crippen LogP contribution in [0.3, 0.4) is 0 Å². The summed E-state index contributed by atoms with van der Waals surface area (Å²) in [7, 11) is -3.90. The van der Waals surface area contributed by atoms with Gasteiger partial charge in [-0.2, -0.15) is 0 Å². The predicted octanol–water partition coefficient (Wildman–Crippen LogP) is 3.39. The Bertz CT molecular complexity index is 972. The summed E-state index contributed by atoms with van der Waals surface area (Å²) in [6.07, 6.45) is 0. The largest absolute Gasteiger partial charge is 0.422 e. The molecular formula is C15H9BrO4S. The summed E-state index contributed by atoms with van der Waals surface area (Å²) in [5.41, 5.74) is -0.506. The second kappa shape index (κ2) is 5.13. The molecule has 0 unspecified atom stereocenters. The maximum Gasteiger partial charge on any atom is 0.355 e. The van der Waals surface area contributed by atoms with Crippen LogP contribution in [0.2, 0.25) is 0 Å². The number of para-hydroxylation sites is 1. The average Bonchev–Trinajstić information content (AvgIpc) is 2.47. The third kappa shape index (κ3) is 2.52. The van der Waals surface area contributed by atoms with Crippen molar-refractivity contribution in [3.05, 3.63) is 69.5 Å². The second-order valence-electron chi connectivity index (χ2n) is 4.39. The fourth-order valence-electron chi connectivity index (χ4n) is 1.97. The molecule has 0 fully saturated rings. The fourth-order valence-corrected chi connectivity index (χ4v) is 3.53. The summed E-state index contributed by atoms with van der Waals surface area (Å²) >= 11 is 3.24. The van der Waals surface area contributed by atoms with Crippen LogP contribution in [0.25, 0.3) is 11.0 Å². The van der Waals surface area contributed by atoms with Crippen molar-refractivity contribution in [3.8, 4) is 0 Å². The molecule has 0 N–H and O–H groups in total. The summed E-state index contributed by atoms with van der Waals surface area (Å²) < 4.78 is 30.9. The summed E-state index contributed by atoms with van der Waals surface area (Å²) in [5.74, 6) is 0. The van der Waals surface area contributed by atoms with Gasteiger partial charge in [0.15, 0.2) is 4.90 Å². The van der Waals surface area contributed by atoms with Gasteiger partial charge < -0.3 is 4.42 Å². The van der Waals surface area contributed by atoms with Crippen molar-refractivity contribution in [2.75, 3.05) is 0 Å². The number of sulfone groups is 1. The van der Waals surface area contributed by atoms with E-state index in [2.05, 4.69) is 15.9 Å². The Hall–Kier alpha value is -1.92. The van der Waals surface area contributed by atoms with Crippen molar-refractivity contribution < 1.29 is 12.8 Å². The number of halogens is 1. The Labute approximate surface area is 129 Å². The summed E-state index contributed by atoms with van der Waals surface area (Å²) in [4.78, 5) is 11.7. The zero-order valence-corrected chi connectivity index (χ0v) is 13.0. The highest BCUT2D eigenvalue weighted by Crippen LogP contribution is 2.23. The van der Waals surface area contributed by atoms with Crippen molar-refractivity contribution in [2.24, 2.45) is 0 Å². The molecule has 4 nitrogen and oxygen atoms in total. The van der Waals surface area contributed by atoms with Crippen LogP contribution in [0.4, 0.5) is 0 Å². The molecule has 0 atom stereocenters. The molecule has 3 aromatic rings. The first-order chi connectivity index (χ1) is 9.98. The third-order valence-corrected chi connectivity index (χ3v) is 5.31. The zero-order valence-electron chi connectivity index (χ0n) is 10.6. The van der Waals surface area contributed by atoms with Gasteiger partial charge in [-0.1, -0.05) is 34.1 Å². The molecule has 3 rings (SSSR count). The van der Waals surface area contributed by atoms with Crippen LogP contribution in [0.15, 0.2) is 78.1 Å². The molecule has 0 spiro atoms. The van der Waals surface area contributed by atoms with E-state index in [1.54, 1.807) is 36.4 Å². The van der Waals surface area contributed by atoms with Crippen LogP contribution in [0.1, 0.15) is 0 Å². The van der Waals surface area contributed by atoms with E-state index in [1.165, 1.54) is 18.2 Å². The van der Waals surface area contributed by atoms with Gasteiger partial charge in [0.25, 0.3) is 0 Å². The molecule has 6 heteroatoms. The van der Waals surface area contributed by atoms with E-state index < -0.39 is 15.5 Å². The van der Waals surface area contributed by atoms with Crippen LogP contribution in [-0.4, -0.2) is 8.42 Å². The van der Waals surface area contributed by atoms with Crippen LogP contribution < -0.4 is 5.63 Å². The maximum absolute atomic E-state index is 12.5. The number of rotatable bonds is 2. The quantitative estimate of drug-likeness (QED) is 0.653. The topological polar surface area (TPSA) is 64.3 Å². The highest BCUT2D eigenvalue weighted by molar-refractivity contribution is 9.10. The molecule has 21 heavy (non-hydrogen) atoms. The standard InChI is InChI=1S/C15H9BrO4S/c16-11-5-7-12(8-6-11)21(18,19)14-9-10-3-1-2-4-13(10)20-15(14)17/h1-9H. The van der Waals surface area contributed by atoms with Crippen molar-refractivity contribution in [2.45, 2.75) is 9.79 Å². The van der Waals surface area contributed by atoms with Gasteiger partial charge in [0, 0.05) is 9.86 Å². The van der Waals surface area contributed by atoms with Crippen LogP contribution in [0.5, 0.6) is 0 Å². The Kier molecular flexibility index (Phi) is 3.43. The third-order valence-electron chi connectivity index (χ3n) is 3.02. The van der Waals surface area contributed by atoms with Gasteiger partial charge >= 0.3 is 5.63 Å². The van der Waals surface area contributed by atoms with Crippen molar-refractivity contribution in [1.82, 2.24) is 0 Å². The molecule has 0 amide bonds. The van der Waals surface area contributed by atoms with Gasteiger partial charge in [0.05, 0.1) is 4.90 Å². The Morgan fingerprint density at radius 1 is 0.952 bits per heavy atom. The molecule has 0 aliphatic heterocycles. The van der Waals surface area contributed by atoms with Crippen LogP contribution in [0, 0.1) is 0 Å². The van der Waals surface area contributed by atoms with E-state index in [9.17, 15) is 13.2 Å². The van der Waals surface area contributed by atoms with Gasteiger partial charge in [0.2, 0.25) is 9.84 Å². The SMILES string of the molecule is O=c1oc2ccccc2cc1S(=O)(=O)c1ccc(Br)cc1. The van der Waals surface area contributed by atoms with E-state index in [0.717, 1.165) is 4.47 Å². The molecule has 0 radical (unpaired) electrons. The average molecular weight is 365 g/mol. The minimum atomic E-state index is -3.90. The molecule has 0 bridgehead atoms. The van der Waals surface area contributed by atoms with Crippen LogP contribution >= 0.6 is 15.9 Å². The van der Waals surface area contributed by atoms with E-state index in [0.29, 0.717) is 11.0 Å².